The number of rotatable bonds is 3. The summed E-state index contributed by atoms with van der Waals surface area (Å²) >= 11 is 0. The summed E-state index contributed by atoms with van der Waals surface area (Å²) in [4.78, 5) is 16.0. The average molecular weight is 239 g/mol. The van der Waals surface area contributed by atoms with E-state index >= 15 is 0 Å². The minimum Gasteiger partial charge on any atom is -0.373 e. The third-order valence-electron chi connectivity index (χ3n) is 2.57. The van der Waals surface area contributed by atoms with E-state index in [1.165, 1.54) is 19.3 Å². The summed E-state index contributed by atoms with van der Waals surface area (Å²) in [7, 11) is 0. The van der Waals surface area contributed by atoms with Gasteiger partial charge in [0.15, 0.2) is 0 Å². The van der Waals surface area contributed by atoms with E-state index in [2.05, 4.69) is 15.6 Å². The molecule has 1 heterocycles. The monoisotopic (exact) mass is 239 g/mol. The molecule has 98 valence electrons. The van der Waals surface area contributed by atoms with Crippen LogP contribution < -0.4 is 10.6 Å². The van der Waals surface area contributed by atoms with Crippen LogP contribution in [0.3, 0.4) is 0 Å². The number of carbonyl (C=O) groups excluding carboxylic acids is 1. The Morgan fingerprint density at radius 3 is 2.76 bits per heavy atom. The summed E-state index contributed by atoms with van der Waals surface area (Å²) in [5.74, 6) is 1.17. The molecule has 0 aliphatic carbocycles. The number of aliphatic imine (C=N–C) groups is 1. The van der Waals surface area contributed by atoms with Crippen molar-refractivity contribution in [3.05, 3.63) is 0 Å². The van der Waals surface area contributed by atoms with Crippen LogP contribution in [0.15, 0.2) is 4.99 Å². The normalized spacial score (nSPS) is 17.0. The van der Waals surface area contributed by atoms with Gasteiger partial charge in [0.25, 0.3) is 0 Å². The number of carbonyl (C=O) groups is 1. The zero-order valence-corrected chi connectivity index (χ0v) is 11.3. The summed E-state index contributed by atoms with van der Waals surface area (Å²) in [6, 6.07) is 0. The van der Waals surface area contributed by atoms with Gasteiger partial charge < -0.3 is 10.6 Å². The molecule has 1 amide bonds. The molecule has 0 aromatic rings. The van der Waals surface area contributed by atoms with Gasteiger partial charge in [0.2, 0.25) is 5.91 Å². The molecule has 0 radical (unpaired) electrons. The topological polar surface area (TPSA) is 53.5 Å². The van der Waals surface area contributed by atoms with Crippen LogP contribution in [0.1, 0.15) is 52.9 Å². The second-order valence-corrected chi connectivity index (χ2v) is 5.61. The van der Waals surface area contributed by atoms with Crippen LogP contribution >= 0.6 is 0 Å². The summed E-state index contributed by atoms with van der Waals surface area (Å²) in [6.07, 6.45) is 5.20. The predicted octanol–water partition coefficient (Wildman–Crippen LogP) is 1.85. The van der Waals surface area contributed by atoms with E-state index in [9.17, 15) is 4.79 Å². The number of amidine groups is 1. The first-order valence-corrected chi connectivity index (χ1v) is 6.55. The third kappa shape index (κ3) is 6.97. The Hall–Kier alpha value is -1.06. The summed E-state index contributed by atoms with van der Waals surface area (Å²) < 4.78 is 0. The quantitative estimate of drug-likeness (QED) is 0.789. The van der Waals surface area contributed by atoms with Gasteiger partial charge in [0, 0.05) is 31.5 Å². The van der Waals surface area contributed by atoms with Gasteiger partial charge in [-0.1, -0.05) is 6.42 Å². The van der Waals surface area contributed by atoms with Crippen LogP contribution in [0.5, 0.6) is 0 Å². The van der Waals surface area contributed by atoms with Gasteiger partial charge in [-0.3, -0.25) is 9.79 Å². The third-order valence-corrected chi connectivity index (χ3v) is 2.57. The molecular formula is C13H25N3O. The largest absolute Gasteiger partial charge is 0.373 e. The highest BCUT2D eigenvalue weighted by Gasteiger charge is 2.13. The van der Waals surface area contributed by atoms with Crippen LogP contribution in [0.2, 0.25) is 0 Å². The molecule has 0 saturated carbocycles. The smallest absolute Gasteiger partial charge is 0.222 e. The van der Waals surface area contributed by atoms with Crippen molar-refractivity contribution in [3.8, 4) is 0 Å². The van der Waals surface area contributed by atoms with Crippen LogP contribution in [0.25, 0.3) is 0 Å². The van der Waals surface area contributed by atoms with Gasteiger partial charge in [-0.2, -0.15) is 0 Å². The zero-order chi connectivity index (χ0) is 12.7. The van der Waals surface area contributed by atoms with Gasteiger partial charge >= 0.3 is 0 Å². The standard InChI is InChI=1S/C13H25N3O/c1-13(2,3)16-12(17)8-10-15-11-7-5-4-6-9-14-11/h4-10H2,1-3H3,(H,14,15)(H,16,17). The lowest BCUT2D eigenvalue weighted by Gasteiger charge is -2.20. The number of amides is 1. The molecule has 4 nitrogen and oxygen atoms in total. The van der Waals surface area contributed by atoms with Crippen LogP contribution in [-0.2, 0) is 4.79 Å². The van der Waals surface area contributed by atoms with E-state index in [0.29, 0.717) is 13.0 Å². The first-order chi connectivity index (χ1) is 7.97. The van der Waals surface area contributed by atoms with Gasteiger partial charge in [-0.05, 0) is 33.6 Å². The first-order valence-electron chi connectivity index (χ1n) is 6.55. The zero-order valence-electron chi connectivity index (χ0n) is 11.3. The molecule has 4 heteroatoms. The Kier molecular flexibility index (Phi) is 5.45. The number of nitrogens with zero attached hydrogens (tertiary/aromatic N) is 1. The molecule has 0 saturated heterocycles. The predicted molar refractivity (Wildman–Crippen MR) is 71.3 cm³/mol. The van der Waals surface area contributed by atoms with Crippen LogP contribution in [0, 0.1) is 0 Å². The Morgan fingerprint density at radius 1 is 1.29 bits per heavy atom. The fourth-order valence-corrected chi connectivity index (χ4v) is 1.82. The molecule has 0 fully saturated rings. The molecule has 0 bridgehead atoms. The van der Waals surface area contributed by atoms with E-state index in [4.69, 9.17) is 0 Å². The molecule has 17 heavy (non-hydrogen) atoms. The van der Waals surface area contributed by atoms with Gasteiger partial charge in [0.1, 0.15) is 0 Å². The Balaban J connectivity index is 2.18. The number of nitrogens with one attached hydrogen (secondary N) is 2. The van der Waals surface area contributed by atoms with Crippen molar-refractivity contribution in [1.29, 1.82) is 0 Å². The highest BCUT2D eigenvalue weighted by atomic mass is 16.1. The van der Waals surface area contributed by atoms with Crippen molar-refractivity contribution in [2.24, 2.45) is 4.99 Å². The lowest BCUT2D eigenvalue weighted by atomic mass is 10.1. The van der Waals surface area contributed by atoms with Gasteiger partial charge in [-0.25, -0.2) is 0 Å². The molecular weight excluding hydrogens is 214 g/mol. The van der Waals surface area contributed by atoms with Crippen molar-refractivity contribution in [2.75, 3.05) is 13.1 Å². The maximum absolute atomic E-state index is 11.6. The SMILES string of the molecule is CC(C)(C)NC(=O)CCNC1=NCCCCC1. The second-order valence-electron chi connectivity index (χ2n) is 5.61. The first kappa shape index (κ1) is 14.0. The summed E-state index contributed by atoms with van der Waals surface area (Å²) in [5, 5.41) is 6.22. The minimum absolute atomic E-state index is 0.0965. The molecule has 2 N–H and O–H groups in total. The van der Waals surface area contributed by atoms with Crippen molar-refractivity contribution in [2.45, 2.75) is 58.4 Å². The molecule has 0 spiro atoms. The van der Waals surface area contributed by atoms with E-state index < -0.39 is 0 Å². The maximum atomic E-state index is 11.6. The molecule has 1 rings (SSSR count). The molecule has 0 unspecified atom stereocenters. The van der Waals surface area contributed by atoms with Gasteiger partial charge in [0.05, 0.1) is 5.84 Å². The maximum Gasteiger partial charge on any atom is 0.222 e. The fraction of sp³-hybridized carbons (Fsp3) is 0.846. The van der Waals surface area contributed by atoms with E-state index in [1.54, 1.807) is 0 Å². The molecule has 0 aromatic heterocycles. The minimum atomic E-state index is -0.142. The Morgan fingerprint density at radius 2 is 2.06 bits per heavy atom. The van der Waals surface area contributed by atoms with Crippen molar-refractivity contribution in [3.63, 3.8) is 0 Å². The lowest BCUT2D eigenvalue weighted by Crippen LogP contribution is -2.41. The molecule has 1 aliphatic heterocycles. The van der Waals surface area contributed by atoms with Crippen molar-refractivity contribution >= 4 is 11.7 Å². The van der Waals surface area contributed by atoms with Crippen molar-refractivity contribution < 1.29 is 4.79 Å². The lowest BCUT2D eigenvalue weighted by molar-refractivity contribution is -0.122. The highest BCUT2D eigenvalue weighted by Crippen LogP contribution is 2.06. The van der Waals surface area contributed by atoms with Gasteiger partial charge in [-0.15, -0.1) is 0 Å². The van der Waals surface area contributed by atoms with Crippen LogP contribution in [-0.4, -0.2) is 30.4 Å². The summed E-state index contributed by atoms with van der Waals surface area (Å²) in [5.41, 5.74) is -0.142. The molecule has 0 atom stereocenters. The Bertz CT molecular complexity index is 279. The molecule has 0 aromatic carbocycles. The molecule has 1 aliphatic rings. The van der Waals surface area contributed by atoms with Crippen LogP contribution in [0.4, 0.5) is 0 Å². The Labute approximate surface area is 104 Å². The van der Waals surface area contributed by atoms with E-state index in [0.717, 1.165) is 18.8 Å². The number of hydrogen-bond acceptors (Lipinski definition) is 3. The van der Waals surface area contributed by atoms with E-state index in [1.807, 2.05) is 20.8 Å². The summed E-state index contributed by atoms with van der Waals surface area (Å²) in [6.45, 7) is 7.59. The second kappa shape index (κ2) is 6.62. The number of hydrogen-bond donors (Lipinski definition) is 2. The van der Waals surface area contributed by atoms with Crippen molar-refractivity contribution in [1.82, 2.24) is 10.6 Å². The fourth-order valence-electron chi connectivity index (χ4n) is 1.82. The highest BCUT2D eigenvalue weighted by molar-refractivity contribution is 5.83. The average Bonchev–Trinajstić information content (AvgIpc) is 2.43. The van der Waals surface area contributed by atoms with E-state index in [-0.39, 0.29) is 11.4 Å².